The van der Waals surface area contributed by atoms with Crippen molar-refractivity contribution in [2.45, 2.75) is 77.5 Å². The van der Waals surface area contributed by atoms with Gasteiger partial charge in [0.2, 0.25) is 0 Å². The normalized spacial score (nSPS) is 13.5. The molecule has 0 saturated heterocycles. The molecular formula is C35H47N3O5Si. The highest BCUT2D eigenvalue weighted by atomic mass is 28.4. The molecule has 0 aliphatic carbocycles. The SMILES string of the molecule is COc1ccccc1CNC(=O)c1cc2cc(CC(C)NCC(O[Si](C)(C)C(C)(C)C)c3ccc(O)c(CO)c3)ccc2[nH]1. The molecule has 0 bridgehead atoms. The quantitative estimate of drug-likeness (QED) is 0.108. The van der Waals surface area contributed by atoms with Gasteiger partial charge in [0, 0.05) is 41.2 Å². The summed E-state index contributed by atoms with van der Waals surface area (Å²) in [5, 5.41) is 27.5. The first-order valence-corrected chi connectivity index (χ1v) is 18.1. The molecule has 0 radical (unpaired) electrons. The number of fused-ring (bicyclic) bond motifs is 1. The number of aliphatic hydroxyl groups is 1. The number of H-pyrrole nitrogens is 1. The number of aliphatic hydroxyl groups excluding tert-OH is 1. The van der Waals surface area contributed by atoms with Crippen LogP contribution in [-0.2, 0) is 24.0 Å². The van der Waals surface area contributed by atoms with Crippen molar-refractivity contribution in [1.29, 1.82) is 0 Å². The number of carbonyl (C=O) groups is 1. The number of para-hydroxylation sites is 1. The van der Waals surface area contributed by atoms with Crippen LogP contribution in [0.5, 0.6) is 11.5 Å². The van der Waals surface area contributed by atoms with Crippen LogP contribution in [0, 0.1) is 0 Å². The summed E-state index contributed by atoms with van der Waals surface area (Å²) in [6.07, 6.45) is 0.564. The van der Waals surface area contributed by atoms with Crippen LogP contribution in [0.3, 0.4) is 0 Å². The molecule has 236 valence electrons. The largest absolute Gasteiger partial charge is 0.508 e. The molecule has 44 heavy (non-hydrogen) atoms. The molecule has 1 heterocycles. The molecule has 5 N–H and O–H groups in total. The zero-order valence-corrected chi connectivity index (χ0v) is 28.0. The second-order valence-electron chi connectivity index (χ2n) is 13.0. The number of phenols is 1. The minimum Gasteiger partial charge on any atom is -0.508 e. The highest BCUT2D eigenvalue weighted by Gasteiger charge is 2.39. The second kappa shape index (κ2) is 14.0. The molecular weight excluding hydrogens is 570 g/mol. The average Bonchev–Trinajstić information content (AvgIpc) is 3.41. The second-order valence-corrected chi connectivity index (χ2v) is 17.8. The maximum Gasteiger partial charge on any atom is 0.267 e. The summed E-state index contributed by atoms with van der Waals surface area (Å²) in [6.45, 7) is 14.0. The number of carbonyl (C=O) groups excluding carboxylic acids is 1. The van der Waals surface area contributed by atoms with Crippen molar-refractivity contribution < 1.29 is 24.2 Å². The number of nitrogens with one attached hydrogen (secondary N) is 3. The van der Waals surface area contributed by atoms with E-state index in [2.05, 4.69) is 68.5 Å². The molecule has 9 heteroatoms. The number of benzene rings is 3. The van der Waals surface area contributed by atoms with E-state index in [1.165, 1.54) is 0 Å². The van der Waals surface area contributed by atoms with E-state index in [1.54, 1.807) is 13.2 Å². The molecule has 0 aliphatic rings. The van der Waals surface area contributed by atoms with E-state index in [0.717, 1.165) is 39.8 Å². The number of amides is 1. The minimum atomic E-state index is -2.11. The van der Waals surface area contributed by atoms with Crippen LogP contribution in [0.15, 0.2) is 66.7 Å². The van der Waals surface area contributed by atoms with Gasteiger partial charge in [-0.25, -0.2) is 0 Å². The predicted molar refractivity (Wildman–Crippen MR) is 179 cm³/mol. The van der Waals surface area contributed by atoms with E-state index in [0.29, 0.717) is 24.3 Å². The summed E-state index contributed by atoms with van der Waals surface area (Å²) in [5.74, 6) is 0.656. The lowest BCUT2D eigenvalue weighted by Gasteiger charge is -2.40. The van der Waals surface area contributed by atoms with E-state index in [1.807, 2.05) is 48.5 Å². The number of aromatic nitrogens is 1. The third kappa shape index (κ3) is 8.09. The fourth-order valence-electron chi connectivity index (χ4n) is 4.98. The summed E-state index contributed by atoms with van der Waals surface area (Å²) in [5.41, 5.74) is 4.92. The van der Waals surface area contributed by atoms with Crippen molar-refractivity contribution in [2.75, 3.05) is 13.7 Å². The van der Waals surface area contributed by atoms with Gasteiger partial charge in [-0.15, -0.1) is 0 Å². The third-order valence-corrected chi connectivity index (χ3v) is 13.1. The van der Waals surface area contributed by atoms with Gasteiger partial charge in [0.15, 0.2) is 8.32 Å². The fourth-order valence-corrected chi connectivity index (χ4v) is 6.26. The summed E-state index contributed by atoms with van der Waals surface area (Å²) in [7, 11) is -0.491. The first-order chi connectivity index (χ1) is 20.8. The first-order valence-electron chi connectivity index (χ1n) is 15.2. The molecule has 1 amide bonds. The molecule has 0 aliphatic heterocycles. The van der Waals surface area contributed by atoms with Gasteiger partial charge in [-0.05, 0) is 79.0 Å². The Labute approximate surface area is 261 Å². The van der Waals surface area contributed by atoms with Crippen LogP contribution in [0.1, 0.15) is 66.5 Å². The van der Waals surface area contributed by atoms with Crippen LogP contribution in [-0.4, -0.2) is 49.1 Å². The molecule has 3 aromatic carbocycles. The highest BCUT2D eigenvalue weighted by Crippen LogP contribution is 2.40. The molecule has 0 fully saturated rings. The van der Waals surface area contributed by atoms with Crippen LogP contribution in [0.2, 0.25) is 18.1 Å². The number of hydrogen-bond donors (Lipinski definition) is 5. The first kappa shape index (κ1) is 33.3. The van der Waals surface area contributed by atoms with Crippen LogP contribution < -0.4 is 15.4 Å². The van der Waals surface area contributed by atoms with Gasteiger partial charge in [0.1, 0.15) is 17.2 Å². The third-order valence-electron chi connectivity index (χ3n) is 8.64. The lowest BCUT2D eigenvalue weighted by atomic mass is 10.0. The van der Waals surface area contributed by atoms with Gasteiger partial charge < -0.3 is 35.0 Å². The summed E-state index contributed by atoms with van der Waals surface area (Å²) >= 11 is 0. The van der Waals surface area contributed by atoms with Crippen molar-refractivity contribution in [3.63, 3.8) is 0 Å². The Hall–Kier alpha value is -3.63. The van der Waals surface area contributed by atoms with Crippen LogP contribution in [0.25, 0.3) is 10.9 Å². The monoisotopic (exact) mass is 617 g/mol. The number of hydrogen-bond acceptors (Lipinski definition) is 6. The van der Waals surface area contributed by atoms with Gasteiger partial charge in [0.25, 0.3) is 5.91 Å². The smallest absolute Gasteiger partial charge is 0.267 e. The zero-order valence-electron chi connectivity index (χ0n) is 27.0. The van der Waals surface area contributed by atoms with E-state index in [4.69, 9.17) is 9.16 Å². The molecule has 0 spiro atoms. The molecule has 8 nitrogen and oxygen atoms in total. The lowest BCUT2D eigenvalue weighted by Crippen LogP contribution is -2.44. The van der Waals surface area contributed by atoms with Crippen molar-refractivity contribution in [3.8, 4) is 11.5 Å². The van der Waals surface area contributed by atoms with Gasteiger partial charge in [-0.2, -0.15) is 0 Å². The molecule has 0 saturated carbocycles. The zero-order chi connectivity index (χ0) is 32.1. The van der Waals surface area contributed by atoms with Crippen molar-refractivity contribution in [3.05, 3.63) is 94.7 Å². The van der Waals surface area contributed by atoms with Crippen molar-refractivity contribution >= 4 is 25.1 Å². The van der Waals surface area contributed by atoms with Crippen LogP contribution in [0.4, 0.5) is 0 Å². The van der Waals surface area contributed by atoms with Crippen LogP contribution >= 0.6 is 0 Å². The van der Waals surface area contributed by atoms with Gasteiger partial charge in [-0.3, -0.25) is 4.79 Å². The summed E-state index contributed by atoms with van der Waals surface area (Å²) in [4.78, 5) is 16.1. The Morgan fingerprint density at radius 1 is 1.02 bits per heavy atom. The Balaban J connectivity index is 1.42. The fraction of sp³-hybridized carbons (Fsp3) is 0.400. The maximum absolute atomic E-state index is 12.9. The molecule has 1 aromatic heterocycles. The van der Waals surface area contributed by atoms with E-state index in [9.17, 15) is 15.0 Å². The molecule has 2 unspecified atom stereocenters. The number of aromatic hydroxyl groups is 1. The lowest BCUT2D eigenvalue weighted by molar-refractivity contribution is 0.0946. The Kier molecular flexibility index (Phi) is 10.6. The van der Waals surface area contributed by atoms with Gasteiger partial charge in [0.05, 0.1) is 19.8 Å². The Morgan fingerprint density at radius 3 is 2.48 bits per heavy atom. The summed E-state index contributed by atoms with van der Waals surface area (Å²) < 4.78 is 12.2. The topological polar surface area (TPSA) is 116 Å². The Morgan fingerprint density at radius 2 is 1.77 bits per heavy atom. The molecule has 2 atom stereocenters. The molecule has 4 aromatic rings. The highest BCUT2D eigenvalue weighted by molar-refractivity contribution is 6.74. The van der Waals surface area contributed by atoms with E-state index >= 15 is 0 Å². The van der Waals surface area contributed by atoms with Crippen molar-refractivity contribution in [1.82, 2.24) is 15.6 Å². The van der Waals surface area contributed by atoms with E-state index < -0.39 is 8.32 Å². The predicted octanol–water partition coefficient (Wildman–Crippen LogP) is 6.59. The number of aromatic amines is 1. The molecule has 4 rings (SSSR count). The Bertz CT molecular complexity index is 1580. The average molecular weight is 618 g/mol. The van der Waals surface area contributed by atoms with Crippen molar-refractivity contribution in [2.24, 2.45) is 0 Å². The maximum atomic E-state index is 12.9. The minimum absolute atomic E-state index is 0.0315. The summed E-state index contributed by atoms with van der Waals surface area (Å²) in [6, 6.07) is 21.3. The number of methoxy groups -OCH3 is 1. The van der Waals surface area contributed by atoms with Gasteiger partial charge >= 0.3 is 0 Å². The number of ether oxygens (including phenoxy) is 1. The van der Waals surface area contributed by atoms with Gasteiger partial charge in [-0.1, -0.05) is 51.1 Å². The van der Waals surface area contributed by atoms with E-state index in [-0.39, 0.29) is 35.4 Å². The number of rotatable bonds is 13. The standard InChI is InChI=1S/C35H47N3O5Si/c1-23(36-21-33(43-44(6,7)35(2,3)4)25-13-15-31(40)28(18-25)22-39)16-24-12-14-29-27(17-24)19-30(38-29)34(41)37-20-26-10-8-9-11-32(26)42-5/h8-15,17-19,23,33,36,38-40H,16,20-22H2,1-7H3,(H,37,41).